The number of aliphatic hydroxyl groups is 2. The first-order valence-corrected chi connectivity index (χ1v) is 27.8. The van der Waals surface area contributed by atoms with Gasteiger partial charge >= 0.3 is 12.1 Å². The van der Waals surface area contributed by atoms with Crippen LogP contribution in [0.4, 0.5) is 4.79 Å². The number of hydrogen-bond acceptors (Lipinski definition) is 14. The zero-order valence-electron chi connectivity index (χ0n) is 46.0. The van der Waals surface area contributed by atoms with E-state index in [0.29, 0.717) is 82.9 Å². The quantitative estimate of drug-likeness (QED) is 0.140. The van der Waals surface area contributed by atoms with Crippen molar-refractivity contribution in [3.8, 4) is 0 Å². The van der Waals surface area contributed by atoms with Gasteiger partial charge in [-0.1, -0.05) is 59.6 Å². The zero-order valence-corrected chi connectivity index (χ0v) is 46.0. The number of ether oxygens (including phenoxy) is 6. The summed E-state index contributed by atoms with van der Waals surface area (Å²) in [7, 11) is 4.63. The second-order valence-corrected chi connectivity index (χ2v) is 22.7. The molecule has 5 aliphatic rings. The van der Waals surface area contributed by atoms with E-state index in [1.165, 1.54) is 12.0 Å². The normalized spacial score (nSPS) is 37.3. The third-order valence-corrected chi connectivity index (χ3v) is 16.9. The highest BCUT2D eigenvalue weighted by Gasteiger charge is 2.53. The molecule has 0 radical (unpaired) electrons. The van der Waals surface area contributed by atoms with E-state index in [0.717, 1.165) is 50.5 Å². The van der Waals surface area contributed by atoms with Crippen LogP contribution in [0.1, 0.15) is 170 Å². The third kappa shape index (κ3) is 16.2. The van der Waals surface area contributed by atoms with Crippen molar-refractivity contribution < 1.29 is 67.4 Å². The standard InChI is InChI=1S/C57H92N2O14/c1-35-19-13-11-14-20-36(2)47(68-8)33-43-24-22-41(7)57(67,73-43)53(63)54(64)59-28-18-15-21-44(59)55(65)71-48(34-45(60)37(3)30-40(6)51(62)52(70-10)50(61)39(5)29-35)38(4)31-42-23-25-46(49(32-42)69-9)72-56(66)58-26-16-12-17-27-58/h20,30,35,37-39,41-44,46-49,51-52,62,67H,11-19,21-29,31-34H2,1-10H3/b36-20?,40-30+/t35-,37-,38-,39-,41-,42+,43+,44+,46-,47+,48+,49-,51-,52+,57-/m1/s1. The minimum atomic E-state index is -2.42. The number of cyclic esters (lactones) is 1. The van der Waals surface area contributed by atoms with Crippen LogP contribution in [0.3, 0.4) is 0 Å². The first-order chi connectivity index (χ1) is 34.7. The molecule has 0 aromatic carbocycles. The van der Waals surface area contributed by atoms with Gasteiger partial charge in [-0.25, -0.2) is 9.59 Å². The molecule has 2 amide bonds. The largest absolute Gasteiger partial charge is 0.460 e. The minimum absolute atomic E-state index is 0.0728. The number of likely N-dealkylation sites (tertiary alicyclic amines) is 1. The van der Waals surface area contributed by atoms with Crippen LogP contribution >= 0.6 is 0 Å². The number of carbonyl (C=O) groups excluding carboxylic acids is 6. The number of esters is 1. The number of rotatable bonds is 7. The van der Waals surface area contributed by atoms with E-state index in [1.54, 1.807) is 46.0 Å². The molecule has 3 saturated heterocycles. The molecule has 4 aliphatic heterocycles. The molecule has 16 nitrogen and oxygen atoms in total. The van der Waals surface area contributed by atoms with Crippen molar-refractivity contribution in [1.29, 1.82) is 0 Å². The fourth-order valence-electron chi connectivity index (χ4n) is 12.1. The summed E-state index contributed by atoms with van der Waals surface area (Å²) in [5.74, 6) is -7.67. The Hall–Kier alpha value is -3.54. The lowest BCUT2D eigenvalue weighted by atomic mass is 9.78. The predicted octanol–water partition coefficient (Wildman–Crippen LogP) is 8.26. The number of ketones is 3. The maximum atomic E-state index is 14.6. The van der Waals surface area contributed by atoms with E-state index in [2.05, 4.69) is 13.0 Å². The van der Waals surface area contributed by atoms with E-state index < -0.39 is 71.8 Å². The number of Topliss-reactive ketones (excluding diaryl/α,β-unsaturated/α-hetero) is 3. The average Bonchev–Trinajstić information content (AvgIpc) is 3.38. The van der Waals surface area contributed by atoms with Crippen molar-refractivity contribution in [1.82, 2.24) is 9.80 Å². The Kier molecular flexibility index (Phi) is 23.6. The number of amides is 2. The molecule has 16 heteroatoms. The van der Waals surface area contributed by atoms with Crippen molar-refractivity contribution in [2.75, 3.05) is 41.0 Å². The molecule has 0 aromatic rings. The summed E-state index contributed by atoms with van der Waals surface area (Å²) in [6, 6.07) is -1.15. The maximum Gasteiger partial charge on any atom is 0.410 e. The van der Waals surface area contributed by atoms with Gasteiger partial charge in [0, 0.05) is 71.6 Å². The SMILES string of the molecule is CO[C@H]1C[C@@H]2CC[C@@H](C)[C@@](O)(O2)C(=O)C(=O)N2CCCC[C@H]2C(=O)O[C@H]([C@H](C)C[C@@H]2CC[C@@H](OC(=O)N3CCCCC3)[C@H](OC)C2)CC(=O)[C@H](C)/C=C(\C)[C@@H](O)[C@@H](OC)C(=O)[C@H](C)C[C@H](C)CCCCC=C1C. The second kappa shape index (κ2) is 28.6. The van der Waals surface area contributed by atoms with Crippen molar-refractivity contribution in [2.24, 2.45) is 35.5 Å². The summed E-state index contributed by atoms with van der Waals surface area (Å²) < 4.78 is 36.0. The Morgan fingerprint density at radius 1 is 0.795 bits per heavy atom. The Labute approximate surface area is 436 Å². The number of hydrogen-bond donors (Lipinski definition) is 2. The van der Waals surface area contributed by atoms with Crippen LogP contribution in [0.5, 0.6) is 0 Å². The third-order valence-electron chi connectivity index (χ3n) is 16.9. The molecule has 4 heterocycles. The Bertz CT molecular complexity index is 1920. The van der Waals surface area contributed by atoms with Crippen LogP contribution in [0.15, 0.2) is 23.3 Å². The molecule has 4 fully saturated rings. The van der Waals surface area contributed by atoms with E-state index in [1.807, 2.05) is 20.8 Å². The summed E-state index contributed by atoms with van der Waals surface area (Å²) in [4.78, 5) is 87.5. The molecule has 15 atom stereocenters. The highest BCUT2D eigenvalue weighted by atomic mass is 16.6. The van der Waals surface area contributed by atoms with Gasteiger partial charge in [0.25, 0.3) is 11.7 Å². The van der Waals surface area contributed by atoms with Gasteiger partial charge in [-0.15, -0.1) is 0 Å². The lowest BCUT2D eigenvalue weighted by Gasteiger charge is -2.42. The van der Waals surface area contributed by atoms with Gasteiger partial charge in [0.15, 0.2) is 5.78 Å². The van der Waals surface area contributed by atoms with Crippen LogP contribution in [-0.2, 0) is 52.4 Å². The molecule has 0 spiro atoms. The molecule has 2 N–H and O–H groups in total. The van der Waals surface area contributed by atoms with Gasteiger partial charge in [-0.3, -0.25) is 19.2 Å². The molecule has 1 saturated carbocycles. The summed E-state index contributed by atoms with van der Waals surface area (Å²) in [6.07, 6.45) is 10.5. The summed E-state index contributed by atoms with van der Waals surface area (Å²) in [5.41, 5.74) is 1.40. The van der Waals surface area contributed by atoms with Gasteiger partial charge in [0.05, 0.1) is 18.3 Å². The molecule has 5 rings (SSSR count). The monoisotopic (exact) mass is 1030 g/mol. The van der Waals surface area contributed by atoms with Gasteiger partial charge < -0.3 is 48.4 Å². The number of methoxy groups -OCH3 is 3. The molecule has 1 aliphatic carbocycles. The van der Waals surface area contributed by atoms with Gasteiger partial charge in [-0.05, 0) is 139 Å². The lowest BCUT2D eigenvalue weighted by Crippen LogP contribution is -2.61. The van der Waals surface area contributed by atoms with E-state index in [9.17, 15) is 39.0 Å². The maximum absolute atomic E-state index is 14.6. The molecule has 0 aromatic heterocycles. The summed E-state index contributed by atoms with van der Waals surface area (Å²) in [5, 5.41) is 23.6. The smallest absolute Gasteiger partial charge is 0.410 e. The van der Waals surface area contributed by atoms with Gasteiger partial charge in [-0.2, -0.15) is 0 Å². The highest BCUT2D eigenvalue weighted by Crippen LogP contribution is 2.38. The van der Waals surface area contributed by atoms with Crippen LogP contribution in [0.2, 0.25) is 0 Å². The lowest BCUT2D eigenvalue weighted by molar-refractivity contribution is -0.265. The number of carbonyl (C=O) groups is 6. The van der Waals surface area contributed by atoms with Crippen LogP contribution in [0.25, 0.3) is 0 Å². The number of fused-ring (bicyclic) bond motifs is 3. The Balaban J connectivity index is 1.42. The Morgan fingerprint density at radius 3 is 2.18 bits per heavy atom. The number of piperidine rings is 2. The fraction of sp³-hybridized carbons (Fsp3) is 0.825. The molecular formula is C57H92N2O14. The number of nitrogens with zero attached hydrogens (tertiary/aromatic N) is 2. The van der Waals surface area contributed by atoms with E-state index in [-0.39, 0.29) is 72.9 Å². The topological polar surface area (TPSA) is 205 Å². The average molecular weight is 1030 g/mol. The van der Waals surface area contributed by atoms with Crippen molar-refractivity contribution in [3.63, 3.8) is 0 Å². The van der Waals surface area contributed by atoms with Crippen molar-refractivity contribution >= 4 is 35.3 Å². The zero-order chi connectivity index (χ0) is 53.6. The second-order valence-electron chi connectivity index (χ2n) is 22.7. The highest BCUT2D eigenvalue weighted by molar-refractivity contribution is 6.39. The molecular weight excluding hydrogens is 937 g/mol. The summed E-state index contributed by atoms with van der Waals surface area (Å²) in [6.45, 7) is 14.4. The van der Waals surface area contributed by atoms with E-state index >= 15 is 0 Å². The van der Waals surface area contributed by atoms with Crippen LogP contribution in [-0.4, -0.2) is 151 Å². The van der Waals surface area contributed by atoms with E-state index in [4.69, 9.17) is 28.4 Å². The van der Waals surface area contributed by atoms with Gasteiger partial charge in [0.2, 0.25) is 5.79 Å². The minimum Gasteiger partial charge on any atom is -0.460 e. The summed E-state index contributed by atoms with van der Waals surface area (Å²) >= 11 is 0. The Morgan fingerprint density at radius 2 is 1.49 bits per heavy atom. The first-order valence-electron chi connectivity index (χ1n) is 27.8. The number of aliphatic hydroxyl groups excluding tert-OH is 1. The van der Waals surface area contributed by atoms with Crippen LogP contribution < -0.4 is 0 Å². The molecule has 73 heavy (non-hydrogen) atoms. The number of allylic oxidation sites excluding steroid dienone is 2. The predicted molar refractivity (Wildman–Crippen MR) is 275 cm³/mol. The van der Waals surface area contributed by atoms with Crippen molar-refractivity contribution in [3.05, 3.63) is 23.3 Å². The molecule has 0 unspecified atom stereocenters. The van der Waals surface area contributed by atoms with Crippen LogP contribution in [0, 0.1) is 35.5 Å². The first kappa shape index (κ1) is 60.3. The van der Waals surface area contributed by atoms with Gasteiger partial charge in [0.1, 0.15) is 36.2 Å². The fourth-order valence-corrected chi connectivity index (χ4v) is 12.1. The molecule has 2 bridgehead atoms. The van der Waals surface area contributed by atoms with Crippen molar-refractivity contribution in [2.45, 2.75) is 225 Å². The molecule has 414 valence electrons.